The van der Waals surface area contributed by atoms with Crippen molar-refractivity contribution in [2.24, 2.45) is 0 Å². The second-order valence-electron chi connectivity index (χ2n) is 6.47. The number of likely N-dealkylation sites (N-methyl/N-ethyl adjacent to an activating group) is 1. The third kappa shape index (κ3) is 5.04. The van der Waals surface area contributed by atoms with Gasteiger partial charge in [0.15, 0.2) is 5.69 Å². The summed E-state index contributed by atoms with van der Waals surface area (Å²) < 4.78 is 38.8. The maximum atomic E-state index is 12.9. The number of nitro benzene ring substituents is 2. The lowest BCUT2D eigenvalue weighted by atomic mass is 10.1. The van der Waals surface area contributed by atoms with E-state index in [1.54, 1.807) is 0 Å². The fraction of sp³-hybridized carbons (Fsp3) is 0.600. The smallest absolute Gasteiger partial charge is 0.372 e. The fourth-order valence-corrected chi connectivity index (χ4v) is 2.89. The highest BCUT2D eigenvalue weighted by Crippen LogP contribution is 2.41. The lowest BCUT2D eigenvalue weighted by Gasteiger charge is -2.36. The first-order chi connectivity index (χ1) is 12.5. The molecule has 1 saturated heterocycles. The monoisotopic (exact) mass is 391 g/mol. The van der Waals surface area contributed by atoms with Crippen LogP contribution in [0, 0.1) is 20.2 Å². The summed E-state index contributed by atoms with van der Waals surface area (Å²) in [4.78, 5) is 24.6. The number of halogens is 3. The summed E-state index contributed by atoms with van der Waals surface area (Å²) in [5.74, 6) is 0. The second kappa shape index (κ2) is 8.05. The first-order valence-corrected chi connectivity index (χ1v) is 8.21. The molecule has 1 atom stereocenters. The van der Waals surface area contributed by atoms with E-state index in [0.717, 1.165) is 26.2 Å². The average molecular weight is 391 g/mol. The highest BCUT2D eigenvalue weighted by atomic mass is 19.4. The molecule has 0 spiro atoms. The number of rotatable bonds is 6. The molecule has 1 unspecified atom stereocenters. The molecule has 150 valence electrons. The topological polar surface area (TPSA) is 105 Å². The summed E-state index contributed by atoms with van der Waals surface area (Å²) in [6.45, 7) is 5.17. The zero-order chi connectivity index (χ0) is 20.4. The Balaban J connectivity index is 2.29. The molecule has 1 N–H and O–H groups in total. The molecule has 0 amide bonds. The van der Waals surface area contributed by atoms with Crippen molar-refractivity contribution >= 4 is 17.1 Å². The van der Waals surface area contributed by atoms with Gasteiger partial charge in [-0.25, -0.2) is 0 Å². The second-order valence-corrected chi connectivity index (χ2v) is 6.47. The lowest BCUT2D eigenvalue weighted by Crippen LogP contribution is -2.49. The molecule has 1 fully saturated rings. The molecule has 27 heavy (non-hydrogen) atoms. The van der Waals surface area contributed by atoms with Gasteiger partial charge >= 0.3 is 6.18 Å². The molecule has 1 aliphatic heterocycles. The van der Waals surface area contributed by atoms with Crippen LogP contribution in [0.15, 0.2) is 12.1 Å². The van der Waals surface area contributed by atoms with Crippen molar-refractivity contribution in [2.45, 2.75) is 19.1 Å². The van der Waals surface area contributed by atoms with Crippen molar-refractivity contribution in [2.75, 3.05) is 45.1 Å². The van der Waals surface area contributed by atoms with E-state index < -0.39 is 38.6 Å². The van der Waals surface area contributed by atoms with Crippen LogP contribution in [0.1, 0.15) is 12.5 Å². The number of nitro groups is 2. The molecular weight excluding hydrogens is 371 g/mol. The van der Waals surface area contributed by atoms with E-state index in [0.29, 0.717) is 12.1 Å². The minimum Gasteiger partial charge on any atom is -0.372 e. The standard InChI is InChI=1S/C15H20F3N5O4/c1-10(21-5-3-20(2)4-6-21)9-19-14-12(22(24)25)7-11(15(16,17)18)8-13(14)23(26)27/h7-8,10,19H,3-6,9H2,1-2H3. The quantitative estimate of drug-likeness (QED) is 0.587. The minimum atomic E-state index is -4.93. The molecule has 1 aliphatic rings. The van der Waals surface area contributed by atoms with E-state index in [4.69, 9.17) is 0 Å². The summed E-state index contributed by atoms with van der Waals surface area (Å²) in [5.41, 5.74) is -3.89. The van der Waals surface area contributed by atoms with E-state index in [9.17, 15) is 33.4 Å². The molecule has 0 bridgehead atoms. The summed E-state index contributed by atoms with van der Waals surface area (Å²) in [7, 11) is 1.98. The van der Waals surface area contributed by atoms with E-state index in [2.05, 4.69) is 15.1 Å². The van der Waals surface area contributed by atoms with Gasteiger partial charge in [0.25, 0.3) is 11.4 Å². The highest BCUT2D eigenvalue weighted by Gasteiger charge is 2.37. The lowest BCUT2D eigenvalue weighted by molar-refractivity contribution is -0.392. The first-order valence-electron chi connectivity index (χ1n) is 8.21. The van der Waals surface area contributed by atoms with Gasteiger partial charge in [-0.1, -0.05) is 0 Å². The van der Waals surface area contributed by atoms with Crippen LogP contribution in [0.4, 0.5) is 30.2 Å². The van der Waals surface area contributed by atoms with Crippen LogP contribution >= 0.6 is 0 Å². The zero-order valence-corrected chi connectivity index (χ0v) is 14.8. The molecule has 9 nitrogen and oxygen atoms in total. The number of hydrogen-bond donors (Lipinski definition) is 1. The van der Waals surface area contributed by atoms with Gasteiger partial charge in [0.1, 0.15) is 0 Å². The van der Waals surface area contributed by atoms with E-state index in [1.165, 1.54) is 0 Å². The molecule has 1 aromatic carbocycles. The van der Waals surface area contributed by atoms with Crippen molar-refractivity contribution in [3.8, 4) is 0 Å². The Morgan fingerprint density at radius 3 is 2.00 bits per heavy atom. The molecule has 0 radical (unpaired) electrons. The van der Waals surface area contributed by atoms with Gasteiger partial charge in [0.2, 0.25) is 0 Å². The molecule has 2 rings (SSSR count). The maximum absolute atomic E-state index is 12.9. The van der Waals surface area contributed by atoms with Crippen LogP contribution < -0.4 is 5.32 Å². The summed E-state index contributed by atoms with van der Waals surface area (Å²) in [6.07, 6.45) is -4.93. The van der Waals surface area contributed by atoms with Crippen LogP contribution in [0.2, 0.25) is 0 Å². The van der Waals surface area contributed by atoms with Crippen LogP contribution in [-0.4, -0.2) is 65.5 Å². The Kier molecular flexibility index (Phi) is 6.21. The Morgan fingerprint density at radius 2 is 1.59 bits per heavy atom. The number of nitrogens with zero attached hydrogens (tertiary/aromatic N) is 4. The summed E-state index contributed by atoms with van der Waals surface area (Å²) in [6, 6.07) is 0.520. The number of hydrogen-bond acceptors (Lipinski definition) is 7. The first kappa shape index (κ1) is 20.8. The van der Waals surface area contributed by atoms with Crippen molar-refractivity contribution in [3.05, 3.63) is 37.9 Å². The minimum absolute atomic E-state index is 0.111. The zero-order valence-electron chi connectivity index (χ0n) is 14.8. The molecular formula is C15H20F3N5O4. The van der Waals surface area contributed by atoms with E-state index >= 15 is 0 Å². The van der Waals surface area contributed by atoms with Gasteiger partial charge in [0.05, 0.1) is 15.4 Å². The van der Waals surface area contributed by atoms with Crippen molar-refractivity contribution in [3.63, 3.8) is 0 Å². The largest absolute Gasteiger partial charge is 0.416 e. The Bertz CT molecular complexity index is 685. The van der Waals surface area contributed by atoms with E-state index in [-0.39, 0.29) is 12.6 Å². The number of piperazine rings is 1. The predicted octanol–water partition coefficient (Wildman–Crippen LogP) is 2.57. The molecule has 12 heteroatoms. The summed E-state index contributed by atoms with van der Waals surface area (Å²) >= 11 is 0. The highest BCUT2D eigenvalue weighted by molar-refractivity contribution is 5.75. The maximum Gasteiger partial charge on any atom is 0.416 e. The third-order valence-electron chi connectivity index (χ3n) is 4.55. The van der Waals surface area contributed by atoms with Crippen molar-refractivity contribution < 1.29 is 23.0 Å². The Labute approximate surface area is 153 Å². The van der Waals surface area contributed by atoms with Crippen LogP contribution in [0.5, 0.6) is 0 Å². The third-order valence-corrected chi connectivity index (χ3v) is 4.55. The predicted molar refractivity (Wildman–Crippen MR) is 91.8 cm³/mol. The van der Waals surface area contributed by atoms with Crippen molar-refractivity contribution in [1.29, 1.82) is 0 Å². The van der Waals surface area contributed by atoms with Gasteiger partial charge < -0.3 is 10.2 Å². The van der Waals surface area contributed by atoms with Gasteiger partial charge in [-0.05, 0) is 14.0 Å². The molecule has 0 aromatic heterocycles. The van der Waals surface area contributed by atoms with Gasteiger partial charge in [-0.15, -0.1) is 0 Å². The molecule has 0 saturated carbocycles. The van der Waals surface area contributed by atoms with Crippen LogP contribution in [0.25, 0.3) is 0 Å². The van der Waals surface area contributed by atoms with Crippen LogP contribution in [-0.2, 0) is 6.18 Å². The number of alkyl halides is 3. The Morgan fingerprint density at radius 1 is 1.11 bits per heavy atom. The Hall–Kier alpha value is -2.47. The molecule has 0 aliphatic carbocycles. The number of nitrogens with one attached hydrogen (secondary N) is 1. The average Bonchev–Trinajstić information content (AvgIpc) is 2.58. The van der Waals surface area contributed by atoms with Crippen LogP contribution in [0.3, 0.4) is 0 Å². The van der Waals surface area contributed by atoms with Gasteiger partial charge in [-0.2, -0.15) is 13.2 Å². The SMILES string of the molecule is CC(CNc1c([N+](=O)[O-])cc(C(F)(F)F)cc1[N+](=O)[O-])N1CCN(C)CC1. The van der Waals surface area contributed by atoms with Crippen molar-refractivity contribution in [1.82, 2.24) is 9.80 Å². The number of benzene rings is 1. The summed E-state index contributed by atoms with van der Waals surface area (Å²) in [5, 5.41) is 25.1. The van der Waals surface area contributed by atoms with Gasteiger partial charge in [0, 0.05) is 50.9 Å². The van der Waals surface area contributed by atoms with Gasteiger partial charge in [-0.3, -0.25) is 25.1 Å². The molecule has 1 heterocycles. The number of anilines is 1. The molecule has 1 aromatic rings. The normalized spacial score (nSPS) is 17.5. The van der Waals surface area contributed by atoms with E-state index in [1.807, 2.05) is 14.0 Å². The fourth-order valence-electron chi connectivity index (χ4n) is 2.89.